The highest BCUT2D eigenvalue weighted by atomic mass is 16.5. The van der Waals surface area contributed by atoms with Crippen LogP contribution in [0.2, 0.25) is 0 Å². The van der Waals surface area contributed by atoms with E-state index < -0.39 is 5.97 Å². The number of carboxylic acid groups (broad SMARTS) is 1. The standard InChI is InChI=1S/C16H21NO4/c1-3-16(2)11-17(8-9-21-16)14(18)10-12-6-4-5-7-13(12)15(19)20/h4-7H,3,8-11H2,1-2H3,(H,19,20). The summed E-state index contributed by atoms with van der Waals surface area (Å²) >= 11 is 0. The van der Waals surface area contributed by atoms with E-state index in [9.17, 15) is 9.59 Å². The predicted molar refractivity (Wildman–Crippen MR) is 78.3 cm³/mol. The highest BCUT2D eigenvalue weighted by molar-refractivity contribution is 5.91. The van der Waals surface area contributed by atoms with Crippen molar-refractivity contribution in [2.45, 2.75) is 32.3 Å². The molecule has 1 aromatic carbocycles. The van der Waals surface area contributed by atoms with Crippen LogP contribution < -0.4 is 0 Å². The summed E-state index contributed by atoms with van der Waals surface area (Å²) in [7, 11) is 0. The van der Waals surface area contributed by atoms with Crippen LogP contribution in [-0.2, 0) is 16.0 Å². The second-order valence-corrected chi connectivity index (χ2v) is 5.61. The Morgan fingerprint density at radius 1 is 1.38 bits per heavy atom. The molecular weight excluding hydrogens is 270 g/mol. The van der Waals surface area contributed by atoms with E-state index in [4.69, 9.17) is 9.84 Å². The first-order chi connectivity index (χ1) is 9.95. The number of amides is 1. The number of ether oxygens (including phenoxy) is 1. The normalized spacial score (nSPS) is 22.1. The number of hydrogen-bond acceptors (Lipinski definition) is 3. The number of benzene rings is 1. The fraction of sp³-hybridized carbons (Fsp3) is 0.500. The summed E-state index contributed by atoms with van der Waals surface area (Å²) < 4.78 is 5.72. The van der Waals surface area contributed by atoms with E-state index in [1.807, 2.05) is 13.8 Å². The van der Waals surface area contributed by atoms with Crippen molar-refractivity contribution in [3.05, 3.63) is 35.4 Å². The molecule has 1 aliphatic rings. The maximum atomic E-state index is 12.4. The monoisotopic (exact) mass is 291 g/mol. The second-order valence-electron chi connectivity index (χ2n) is 5.61. The van der Waals surface area contributed by atoms with Crippen molar-refractivity contribution in [1.82, 2.24) is 4.90 Å². The van der Waals surface area contributed by atoms with Crippen LogP contribution in [0.3, 0.4) is 0 Å². The summed E-state index contributed by atoms with van der Waals surface area (Å²) in [5, 5.41) is 9.17. The van der Waals surface area contributed by atoms with Crippen LogP contribution in [0.25, 0.3) is 0 Å². The summed E-state index contributed by atoms with van der Waals surface area (Å²) in [6, 6.07) is 6.64. The molecule has 1 fully saturated rings. The summed E-state index contributed by atoms with van der Waals surface area (Å²) in [4.78, 5) is 25.4. The van der Waals surface area contributed by atoms with Gasteiger partial charge in [-0.2, -0.15) is 0 Å². The molecule has 2 rings (SSSR count). The first-order valence-electron chi connectivity index (χ1n) is 7.18. The van der Waals surface area contributed by atoms with Gasteiger partial charge in [-0.3, -0.25) is 4.79 Å². The number of aromatic carboxylic acids is 1. The zero-order chi connectivity index (χ0) is 15.5. The Balaban J connectivity index is 2.10. The lowest BCUT2D eigenvalue weighted by Gasteiger charge is -2.40. The molecule has 21 heavy (non-hydrogen) atoms. The Bertz CT molecular complexity index is 543. The Morgan fingerprint density at radius 3 is 2.76 bits per heavy atom. The van der Waals surface area contributed by atoms with Crippen LogP contribution in [0.1, 0.15) is 36.2 Å². The number of nitrogens with zero attached hydrogens (tertiary/aromatic N) is 1. The molecule has 5 heteroatoms. The first kappa shape index (κ1) is 15.5. The van der Waals surface area contributed by atoms with Gasteiger partial charge in [0.25, 0.3) is 0 Å². The lowest BCUT2D eigenvalue weighted by atomic mass is 9.99. The molecule has 0 bridgehead atoms. The number of hydrogen-bond donors (Lipinski definition) is 1. The van der Waals surface area contributed by atoms with Gasteiger partial charge in [0.15, 0.2) is 0 Å². The Labute approximate surface area is 124 Å². The maximum absolute atomic E-state index is 12.4. The fourth-order valence-electron chi connectivity index (χ4n) is 2.52. The molecule has 1 amide bonds. The van der Waals surface area contributed by atoms with Gasteiger partial charge in [0.2, 0.25) is 5.91 Å². The molecule has 0 saturated carbocycles. The molecule has 0 radical (unpaired) electrons. The third-order valence-corrected chi connectivity index (χ3v) is 4.03. The van der Waals surface area contributed by atoms with Crippen molar-refractivity contribution in [2.24, 2.45) is 0 Å². The van der Waals surface area contributed by atoms with Gasteiger partial charge in [0, 0.05) is 13.1 Å². The van der Waals surface area contributed by atoms with Crippen molar-refractivity contribution in [3.63, 3.8) is 0 Å². The Kier molecular flexibility index (Phi) is 4.63. The fourth-order valence-corrected chi connectivity index (χ4v) is 2.52. The van der Waals surface area contributed by atoms with E-state index in [2.05, 4.69) is 0 Å². The average molecular weight is 291 g/mol. The van der Waals surface area contributed by atoms with Crippen LogP contribution in [-0.4, -0.2) is 47.2 Å². The van der Waals surface area contributed by atoms with E-state index in [-0.39, 0.29) is 23.5 Å². The maximum Gasteiger partial charge on any atom is 0.335 e. The van der Waals surface area contributed by atoms with Gasteiger partial charge in [-0.15, -0.1) is 0 Å². The summed E-state index contributed by atoms with van der Waals surface area (Å²) in [6.45, 7) is 5.67. The minimum absolute atomic E-state index is 0.0494. The molecule has 1 heterocycles. The van der Waals surface area contributed by atoms with Crippen molar-refractivity contribution < 1.29 is 19.4 Å². The molecular formula is C16H21NO4. The number of carboxylic acids is 1. The molecule has 0 aliphatic carbocycles. The minimum Gasteiger partial charge on any atom is -0.478 e. The van der Waals surface area contributed by atoms with Gasteiger partial charge in [0.1, 0.15) is 0 Å². The van der Waals surface area contributed by atoms with E-state index in [0.717, 1.165) is 6.42 Å². The van der Waals surface area contributed by atoms with Crippen LogP contribution >= 0.6 is 0 Å². The smallest absolute Gasteiger partial charge is 0.335 e. The van der Waals surface area contributed by atoms with Crippen molar-refractivity contribution in [3.8, 4) is 0 Å². The lowest BCUT2D eigenvalue weighted by molar-refractivity contribution is -0.147. The highest BCUT2D eigenvalue weighted by Gasteiger charge is 2.32. The first-order valence-corrected chi connectivity index (χ1v) is 7.18. The van der Waals surface area contributed by atoms with Crippen LogP contribution in [0.15, 0.2) is 24.3 Å². The van der Waals surface area contributed by atoms with Gasteiger partial charge in [-0.25, -0.2) is 4.79 Å². The van der Waals surface area contributed by atoms with E-state index >= 15 is 0 Å². The zero-order valence-corrected chi connectivity index (χ0v) is 12.5. The number of carbonyl (C=O) groups excluding carboxylic acids is 1. The molecule has 1 aromatic rings. The molecule has 114 valence electrons. The van der Waals surface area contributed by atoms with Crippen molar-refractivity contribution >= 4 is 11.9 Å². The molecule has 1 atom stereocenters. The van der Waals surface area contributed by atoms with Crippen molar-refractivity contribution in [1.29, 1.82) is 0 Å². The van der Waals surface area contributed by atoms with Gasteiger partial charge in [0.05, 0.1) is 24.2 Å². The molecule has 0 aromatic heterocycles. The minimum atomic E-state index is -1.00. The van der Waals surface area contributed by atoms with Gasteiger partial charge in [-0.05, 0) is 25.0 Å². The summed E-state index contributed by atoms with van der Waals surface area (Å²) in [6.07, 6.45) is 0.949. The Morgan fingerprint density at radius 2 is 2.10 bits per heavy atom. The largest absolute Gasteiger partial charge is 0.478 e. The van der Waals surface area contributed by atoms with Crippen LogP contribution in [0.5, 0.6) is 0 Å². The van der Waals surface area contributed by atoms with E-state index in [1.54, 1.807) is 23.1 Å². The van der Waals surface area contributed by atoms with Gasteiger partial charge in [-0.1, -0.05) is 25.1 Å². The van der Waals surface area contributed by atoms with Crippen molar-refractivity contribution in [2.75, 3.05) is 19.7 Å². The highest BCUT2D eigenvalue weighted by Crippen LogP contribution is 2.22. The van der Waals surface area contributed by atoms with Gasteiger partial charge < -0.3 is 14.7 Å². The molecule has 0 spiro atoms. The van der Waals surface area contributed by atoms with Crippen LogP contribution in [0, 0.1) is 0 Å². The third kappa shape index (κ3) is 3.61. The van der Waals surface area contributed by atoms with Crippen LogP contribution in [0.4, 0.5) is 0 Å². The molecule has 1 aliphatic heterocycles. The number of morpholine rings is 1. The van der Waals surface area contributed by atoms with Gasteiger partial charge >= 0.3 is 5.97 Å². The molecule has 1 N–H and O–H groups in total. The van der Waals surface area contributed by atoms with E-state index in [1.165, 1.54) is 6.07 Å². The average Bonchev–Trinajstić information content (AvgIpc) is 2.47. The quantitative estimate of drug-likeness (QED) is 0.921. The summed E-state index contributed by atoms with van der Waals surface area (Å²) in [5.41, 5.74) is 0.442. The topological polar surface area (TPSA) is 66.8 Å². The SMILES string of the molecule is CCC1(C)CN(C(=O)Cc2ccccc2C(=O)O)CCO1. The molecule has 5 nitrogen and oxygen atoms in total. The Hall–Kier alpha value is -1.88. The second kappa shape index (κ2) is 6.26. The number of carbonyl (C=O) groups is 2. The lowest BCUT2D eigenvalue weighted by Crippen LogP contribution is -2.52. The predicted octanol–water partition coefficient (Wildman–Crippen LogP) is 1.95. The number of rotatable bonds is 4. The molecule has 1 unspecified atom stereocenters. The summed E-state index contributed by atoms with van der Waals surface area (Å²) in [5.74, 6) is -1.05. The van der Waals surface area contributed by atoms with E-state index in [0.29, 0.717) is 25.3 Å². The third-order valence-electron chi connectivity index (χ3n) is 4.03. The zero-order valence-electron chi connectivity index (χ0n) is 12.5. The molecule has 1 saturated heterocycles.